The molecule has 134 valence electrons. The molecule has 0 radical (unpaired) electrons. The van der Waals surface area contributed by atoms with Crippen molar-refractivity contribution in [2.45, 2.75) is 32.8 Å². The summed E-state index contributed by atoms with van der Waals surface area (Å²) in [5.74, 6) is -0.248. The van der Waals surface area contributed by atoms with E-state index in [2.05, 4.69) is 10.1 Å². The summed E-state index contributed by atoms with van der Waals surface area (Å²) in [5.41, 5.74) is 0.263. The third-order valence-corrected chi connectivity index (χ3v) is 3.22. The molecule has 2 rings (SSSR count). The summed E-state index contributed by atoms with van der Waals surface area (Å²) in [7, 11) is 1.64. The van der Waals surface area contributed by atoms with Crippen LogP contribution in [-0.4, -0.2) is 51.4 Å². The van der Waals surface area contributed by atoms with Gasteiger partial charge >= 0.3 is 12.1 Å². The van der Waals surface area contributed by atoms with E-state index in [0.717, 1.165) is 0 Å². The molecule has 1 heterocycles. The lowest BCUT2D eigenvalue weighted by atomic mass is 10.1. The molecular weight excluding hydrogens is 326 g/mol. The lowest BCUT2D eigenvalue weighted by molar-refractivity contribution is 0.0299. The van der Waals surface area contributed by atoms with Crippen LogP contribution in [0, 0.1) is 0 Å². The van der Waals surface area contributed by atoms with Crippen LogP contribution in [0.25, 0.3) is 11.5 Å². The minimum atomic E-state index is -0.997. The average molecular weight is 347 g/mol. The zero-order valence-electron chi connectivity index (χ0n) is 14.6. The first-order chi connectivity index (χ1) is 11.7. The number of benzene rings is 1. The van der Waals surface area contributed by atoms with Gasteiger partial charge in [0.2, 0.25) is 0 Å². The van der Waals surface area contributed by atoms with Crippen LogP contribution in [0.5, 0.6) is 0 Å². The van der Waals surface area contributed by atoms with Crippen LogP contribution < -0.4 is 0 Å². The van der Waals surface area contributed by atoms with E-state index in [9.17, 15) is 9.59 Å². The molecule has 8 heteroatoms. The summed E-state index contributed by atoms with van der Waals surface area (Å²) < 4.78 is 10.4. The lowest BCUT2D eigenvalue weighted by Gasteiger charge is -2.24. The molecule has 0 saturated heterocycles. The van der Waals surface area contributed by atoms with Gasteiger partial charge in [0.15, 0.2) is 5.82 Å². The van der Waals surface area contributed by atoms with Gasteiger partial charge in [-0.15, -0.1) is 0 Å². The van der Waals surface area contributed by atoms with E-state index in [-0.39, 0.29) is 5.56 Å². The fraction of sp³-hybridized carbons (Fsp3) is 0.412. The monoisotopic (exact) mass is 347 g/mol. The van der Waals surface area contributed by atoms with Crippen LogP contribution in [0.15, 0.2) is 28.8 Å². The van der Waals surface area contributed by atoms with Crippen molar-refractivity contribution in [1.82, 2.24) is 15.0 Å². The molecule has 0 unspecified atom stereocenters. The van der Waals surface area contributed by atoms with E-state index in [1.807, 2.05) is 0 Å². The van der Waals surface area contributed by atoms with E-state index in [0.29, 0.717) is 30.2 Å². The SMILES string of the molecule is CN(CCc1noc(-c2ccc(C(=O)O)cc2)n1)C(=O)OC(C)(C)C. The third kappa shape index (κ3) is 5.30. The van der Waals surface area contributed by atoms with E-state index >= 15 is 0 Å². The number of carbonyl (C=O) groups is 2. The van der Waals surface area contributed by atoms with Crippen molar-refractivity contribution >= 4 is 12.1 Å². The summed E-state index contributed by atoms with van der Waals surface area (Å²) in [4.78, 5) is 28.4. The number of hydrogen-bond acceptors (Lipinski definition) is 6. The second-order valence-electron chi connectivity index (χ2n) is 6.55. The fourth-order valence-corrected chi connectivity index (χ4v) is 1.93. The predicted molar refractivity (Wildman–Crippen MR) is 89.3 cm³/mol. The molecule has 1 aromatic carbocycles. The van der Waals surface area contributed by atoms with Crippen LogP contribution in [0.1, 0.15) is 37.0 Å². The maximum Gasteiger partial charge on any atom is 0.410 e. The Morgan fingerprint density at radius 2 is 1.88 bits per heavy atom. The summed E-state index contributed by atoms with van der Waals surface area (Å²) in [5, 5.41) is 12.8. The summed E-state index contributed by atoms with van der Waals surface area (Å²) >= 11 is 0. The molecule has 0 atom stereocenters. The minimum Gasteiger partial charge on any atom is -0.478 e. The van der Waals surface area contributed by atoms with Gasteiger partial charge < -0.3 is 19.3 Å². The van der Waals surface area contributed by atoms with Crippen molar-refractivity contribution < 1.29 is 24.0 Å². The highest BCUT2D eigenvalue weighted by molar-refractivity contribution is 5.88. The van der Waals surface area contributed by atoms with Gasteiger partial charge in [-0.3, -0.25) is 0 Å². The molecule has 0 aliphatic rings. The normalized spacial score (nSPS) is 11.2. The van der Waals surface area contributed by atoms with E-state index in [1.165, 1.54) is 17.0 Å². The number of carbonyl (C=O) groups excluding carboxylic acids is 1. The largest absolute Gasteiger partial charge is 0.478 e. The molecule has 8 nitrogen and oxygen atoms in total. The molecule has 2 aromatic rings. The van der Waals surface area contributed by atoms with E-state index in [1.54, 1.807) is 40.0 Å². The van der Waals surface area contributed by atoms with E-state index in [4.69, 9.17) is 14.4 Å². The first kappa shape index (κ1) is 18.4. The number of rotatable bonds is 5. The van der Waals surface area contributed by atoms with E-state index < -0.39 is 17.7 Å². The van der Waals surface area contributed by atoms with Crippen molar-refractivity contribution in [1.29, 1.82) is 0 Å². The van der Waals surface area contributed by atoms with Crippen molar-refractivity contribution in [2.75, 3.05) is 13.6 Å². The van der Waals surface area contributed by atoms with Gasteiger partial charge in [0.25, 0.3) is 5.89 Å². The second-order valence-corrected chi connectivity index (χ2v) is 6.55. The third-order valence-electron chi connectivity index (χ3n) is 3.22. The van der Waals surface area contributed by atoms with Crippen LogP contribution in [-0.2, 0) is 11.2 Å². The Hall–Kier alpha value is -2.90. The highest BCUT2D eigenvalue weighted by Crippen LogP contribution is 2.18. The van der Waals surface area contributed by atoms with Gasteiger partial charge in [-0.25, -0.2) is 9.59 Å². The number of nitrogens with zero attached hydrogens (tertiary/aromatic N) is 3. The number of likely N-dealkylation sites (N-methyl/N-ethyl adjacent to an activating group) is 1. The molecule has 1 amide bonds. The number of aromatic carboxylic acids is 1. The maximum absolute atomic E-state index is 11.9. The molecule has 1 aromatic heterocycles. The molecule has 0 bridgehead atoms. The summed E-state index contributed by atoms with van der Waals surface area (Å²) in [6.45, 7) is 5.80. The molecule has 0 aliphatic carbocycles. The molecule has 1 N–H and O–H groups in total. The Morgan fingerprint density at radius 3 is 2.44 bits per heavy atom. The zero-order chi connectivity index (χ0) is 18.6. The molecule has 0 aliphatic heterocycles. The number of carboxylic acid groups (broad SMARTS) is 1. The topological polar surface area (TPSA) is 106 Å². The Labute approximate surface area is 145 Å². The number of hydrogen-bond donors (Lipinski definition) is 1. The van der Waals surface area contributed by atoms with Crippen LogP contribution in [0.4, 0.5) is 4.79 Å². The molecular formula is C17H21N3O5. The van der Waals surface area contributed by atoms with Gasteiger partial charge in [-0.05, 0) is 45.0 Å². The number of amides is 1. The van der Waals surface area contributed by atoms with Gasteiger partial charge in [-0.1, -0.05) is 5.16 Å². The van der Waals surface area contributed by atoms with Crippen LogP contribution >= 0.6 is 0 Å². The van der Waals surface area contributed by atoms with Gasteiger partial charge in [0.1, 0.15) is 5.60 Å². The Bertz CT molecular complexity index is 746. The lowest BCUT2D eigenvalue weighted by Crippen LogP contribution is -2.35. The second kappa shape index (κ2) is 7.33. The molecule has 0 saturated carbocycles. The van der Waals surface area contributed by atoms with Gasteiger partial charge in [0, 0.05) is 25.6 Å². The Kier molecular flexibility index (Phi) is 5.41. The zero-order valence-corrected chi connectivity index (χ0v) is 14.6. The highest BCUT2D eigenvalue weighted by Gasteiger charge is 2.20. The average Bonchev–Trinajstić information content (AvgIpc) is 3.00. The van der Waals surface area contributed by atoms with Crippen molar-refractivity contribution in [3.05, 3.63) is 35.7 Å². The first-order valence-corrected chi connectivity index (χ1v) is 7.76. The van der Waals surface area contributed by atoms with Crippen LogP contribution in [0.3, 0.4) is 0 Å². The molecule has 0 spiro atoms. The maximum atomic E-state index is 11.9. The predicted octanol–water partition coefficient (Wildman–Crippen LogP) is 2.84. The van der Waals surface area contributed by atoms with Gasteiger partial charge in [0.05, 0.1) is 5.56 Å². The summed E-state index contributed by atoms with van der Waals surface area (Å²) in [6.07, 6.45) is -0.00705. The Balaban J connectivity index is 1.95. The number of ether oxygens (including phenoxy) is 1. The van der Waals surface area contributed by atoms with Crippen LogP contribution in [0.2, 0.25) is 0 Å². The smallest absolute Gasteiger partial charge is 0.410 e. The van der Waals surface area contributed by atoms with Crippen molar-refractivity contribution in [3.63, 3.8) is 0 Å². The van der Waals surface area contributed by atoms with Crippen molar-refractivity contribution in [3.8, 4) is 11.5 Å². The quantitative estimate of drug-likeness (QED) is 0.886. The number of aromatic nitrogens is 2. The summed E-state index contributed by atoms with van der Waals surface area (Å²) in [6, 6.07) is 6.15. The standard InChI is InChI=1S/C17H21N3O5/c1-17(2,3)24-16(23)20(4)10-9-13-18-14(25-19-13)11-5-7-12(8-6-11)15(21)22/h5-8H,9-10H2,1-4H3,(H,21,22). The Morgan fingerprint density at radius 1 is 1.24 bits per heavy atom. The first-order valence-electron chi connectivity index (χ1n) is 7.76. The molecule has 25 heavy (non-hydrogen) atoms. The van der Waals surface area contributed by atoms with Gasteiger partial charge in [-0.2, -0.15) is 4.98 Å². The number of carboxylic acids is 1. The highest BCUT2D eigenvalue weighted by atomic mass is 16.6. The van der Waals surface area contributed by atoms with Crippen molar-refractivity contribution in [2.24, 2.45) is 0 Å². The molecule has 0 fully saturated rings. The fourth-order valence-electron chi connectivity index (χ4n) is 1.93. The minimum absolute atomic E-state index is 0.183.